The van der Waals surface area contributed by atoms with Crippen molar-refractivity contribution in [1.82, 2.24) is 4.98 Å². The maximum atomic E-state index is 12.7. The third-order valence-electron chi connectivity index (χ3n) is 1.52. The summed E-state index contributed by atoms with van der Waals surface area (Å²) in [5, 5.41) is 0. The molecular weight excluding hydrogens is 187 g/mol. The fraction of sp³-hybridized carbons (Fsp3) is 0.111. The number of esters is 1. The molecule has 74 valence electrons. The maximum Gasteiger partial charge on any atom is 0.330 e. The molecule has 5 heteroatoms. The van der Waals surface area contributed by atoms with Gasteiger partial charge in [-0.1, -0.05) is 0 Å². The smallest absolute Gasteiger partial charge is 0.330 e. The van der Waals surface area contributed by atoms with E-state index in [4.69, 9.17) is 5.73 Å². The summed E-state index contributed by atoms with van der Waals surface area (Å²) in [4.78, 5) is 14.3. The van der Waals surface area contributed by atoms with Gasteiger partial charge in [-0.15, -0.1) is 0 Å². The summed E-state index contributed by atoms with van der Waals surface area (Å²) in [5.74, 6) is -0.885. The van der Waals surface area contributed by atoms with Crippen molar-refractivity contribution in [3.63, 3.8) is 0 Å². The first-order valence-corrected chi connectivity index (χ1v) is 3.80. The predicted molar refractivity (Wildman–Crippen MR) is 49.7 cm³/mol. The van der Waals surface area contributed by atoms with Crippen LogP contribution in [0.2, 0.25) is 0 Å². The second kappa shape index (κ2) is 4.36. The molecule has 0 fully saturated rings. The first-order valence-electron chi connectivity index (χ1n) is 3.80. The number of halogens is 1. The molecule has 0 aliphatic rings. The van der Waals surface area contributed by atoms with Gasteiger partial charge in [0, 0.05) is 11.6 Å². The van der Waals surface area contributed by atoms with Crippen LogP contribution in [0.15, 0.2) is 18.3 Å². The molecule has 0 aromatic carbocycles. The average molecular weight is 196 g/mol. The van der Waals surface area contributed by atoms with Crippen molar-refractivity contribution >= 4 is 17.9 Å². The van der Waals surface area contributed by atoms with Crippen molar-refractivity contribution in [2.75, 3.05) is 12.8 Å². The summed E-state index contributed by atoms with van der Waals surface area (Å²) in [6.07, 6.45) is 3.49. The average Bonchev–Trinajstić information content (AvgIpc) is 2.19. The third kappa shape index (κ3) is 2.55. The lowest BCUT2D eigenvalue weighted by molar-refractivity contribution is -0.134. The van der Waals surface area contributed by atoms with Crippen molar-refractivity contribution < 1.29 is 13.9 Å². The van der Waals surface area contributed by atoms with Crippen LogP contribution in [0.1, 0.15) is 5.56 Å². The van der Waals surface area contributed by atoms with Crippen molar-refractivity contribution in [2.24, 2.45) is 0 Å². The number of methoxy groups -OCH3 is 1. The summed E-state index contributed by atoms with van der Waals surface area (Å²) >= 11 is 0. The fourth-order valence-corrected chi connectivity index (χ4v) is 0.825. The fourth-order valence-electron chi connectivity index (χ4n) is 0.825. The molecule has 0 aliphatic carbocycles. The number of carbonyl (C=O) groups excluding carboxylic acids is 1. The van der Waals surface area contributed by atoms with Crippen LogP contribution in [0.3, 0.4) is 0 Å². The van der Waals surface area contributed by atoms with Gasteiger partial charge in [-0.2, -0.15) is 0 Å². The molecule has 1 aromatic rings. The second-order valence-electron chi connectivity index (χ2n) is 2.48. The summed E-state index contributed by atoms with van der Waals surface area (Å²) in [7, 11) is 1.25. The number of ether oxygens (including phenoxy) is 1. The zero-order valence-corrected chi connectivity index (χ0v) is 7.53. The van der Waals surface area contributed by atoms with Gasteiger partial charge in [-0.3, -0.25) is 0 Å². The molecular formula is C9H9FN2O2. The van der Waals surface area contributed by atoms with Gasteiger partial charge < -0.3 is 10.5 Å². The summed E-state index contributed by atoms with van der Waals surface area (Å²) in [6, 6.07) is 1.18. The van der Waals surface area contributed by atoms with Gasteiger partial charge in [-0.25, -0.2) is 14.2 Å². The second-order valence-corrected chi connectivity index (χ2v) is 2.48. The normalized spacial score (nSPS) is 10.4. The van der Waals surface area contributed by atoms with E-state index >= 15 is 0 Å². The lowest BCUT2D eigenvalue weighted by Gasteiger charge is -1.98. The van der Waals surface area contributed by atoms with Gasteiger partial charge in [0.1, 0.15) is 11.6 Å². The number of rotatable bonds is 2. The Labute approximate surface area is 80.2 Å². The van der Waals surface area contributed by atoms with Crippen LogP contribution >= 0.6 is 0 Å². The van der Waals surface area contributed by atoms with Gasteiger partial charge >= 0.3 is 5.97 Å². The zero-order chi connectivity index (χ0) is 10.6. The number of nitrogens with two attached hydrogens (primary N) is 1. The molecule has 0 unspecified atom stereocenters. The molecule has 0 atom stereocenters. The van der Waals surface area contributed by atoms with Crippen molar-refractivity contribution in [3.05, 3.63) is 29.7 Å². The van der Waals surface area contributed by atoms with Gasteiger partial charge in [0.2, 0.25) is 0 Å². The molecule has 1 aromatic heterocycles. The SMILES string of the molecule is COC(=O)/C=C/c1cc(F)cnc1N. The number of carbonyl (C=O) groups is 1. The molecule has 0 bridgehead atoms. The van der Waals surface area contributed by atoms with Crippen LogP contribution in [0.25, 0.3) is 6.08 Å². The number of pyridine rings is 1. The van der Waals surface area contributed by atoms with Crippen LogP contribution < -0.4 is 5.73 Å². The highest BCUT2D eigenvalue weighted by Gasteiger charge is 1.99. The minimum Gasteiger partial charge on any atom is -0.466 e. The van der Waals surface area contributed by atoms with Gasteiger partial charge in [0.25, 0.3) is 0 Å². The first-order chi connectivity index (χ1) is 6.63. The van der Waals surface area contributed by atoms with E-state index in [-0.39, 0.29) is 5.82 Å². The topological polar surface area (TPSA) is 65.2 Å². The van der Waals surface area contributed by atoms with E-state index in [2.05, 4.69) is 9.72 Å². The molecule has 14 heavy (non-hydrogen) atoms. The Hall–Kier alpha value is -1.91. The summed E-state index contributed by atoms with van der Waals surface area (Å²) in [5.41, 5.74) is 5.78. The van der Waals surface area contributed by atoms with E-state index in [0.29, 0.717) is 5.56 Å². The number of hydrogen-bond donors (Lipinski definition) is 1. The molecule has 0 saturated heterocycles. The van der Waals surface area contributed by atoms with Gasteiger partial charge in [0.15, 0.2) is 0 Å². The van der Waals surface area contributed by atoms with E-state index in [9.17, 15) is 9.18 Å². The van der Waals surface area contributed by atoms with Crippen LogP contribution in [-0.4, -0.2) is 18.1 Å². The summed E-state index contributed by atoms with van der Waals surface area (Å²) < 4.78 is 17.0. The zero-order valence-electron chi connectivity index (χ0n) is 7.53. The van der Waals surface area contributed by atoms with E-state index in [1.165, 1.54) is 19.3 Å². The number of hydrogen-bond acceptors (Lipinski definition) is 4. The highest BCUT2D eigenvalue weighted by molar-refractivity contribution is 5.87. The number of nitrogen functional groups attached to an aromatic ring is 1. The molecule has 4 nitrogen and oxygen atoms in total. The number of nitrogens with zero attached hydrogens (tertiary/aromatic N) is 1. The summed E-state index contributed by atoms with van der Waals surface area (Å²) in [6.45, 7) is 0. The molecule has 2 N–H and O–H groups in total. The van der Waals surface area contributed by atoms with Crippen molar-refractivity contribution in [3.8, 4) is 0 Å². The van der Waals surface area contributed by atoms with Crippen molar-refractivity contribution in [1.29, 1.82) is 0 Å². The molecule has 1 rings (SSSR count). The Morgan fingerprint density at radius 1 is 1.71 bits per heavy atom. The Kier molecular flexibility index (Phi) is 3.17. The highest BCUT2D eigenvalue weighted by atomic mass is 19.1. The van der Waals surface area contributed by atoms with Gasteiger partial charge in [0.05, 0.1) is 13.3 Å². The molecule has 0 aliphatic heterocycles. The third-order valence-corrected chi connectivity index (χ3v) is 1.52. The first kappa shape index (κ1) is 10.2. The minimum atomic E-state index is -0.534. The van der Waals surface area contributed by atoms with Crippen LogP contribution in [-0.2, 0) is 9.53 Å². The minimum absolute atomic E-state index is 0.159. The quantitative estimate of drug-likeness (QED) is 0.565. The molecule has 0 spiro atoms. The monoisotopic (exact) mass is 196 g/mol. The van der Waals surface area contributed by atoms with E-state index < -0.39 is 11.8 Å². The van der Waals surface area contributed by atoms with Crippen molar-refractivity contribution in [2.45, 2.75) is 0 Å². The Morgan fingerprint density at radius 3 is 3.07 bits per heavy atom. The number of aromatic nitrogens is 1. The van der Waals surface area contributed by atoms with Crippen LogP contribution in [0.4, 0.5) is 10.2 Å². The molecule has 0 amide bonds. The van der Waals surface area contributed by atoms with Crippen LogP contribution in [0.5, 0.6) is 0 Å². The van der Waals surface area contributed by atoms with E-state index in [1.54, 1.807) is 0 Å². The number of anilines is 1. The standard InChI is InChI=1S/C9H9FN2O2/c1-14-8(13)3-2-6-4-7(10)5-12-9(6)11/h2-5H,1H3,(H2,11,12)/b3-2+. The van der Waals surface area contributed by atoms with E-state index in [0.717, 1.165) is 12.3 Å². The maximum absolute atomic E-state index is 12.7. The molecule has 1 heterocycles. The largest absolute Gasteiger partial charge is 0.466 e. The lowest BCUT2D eigenvalue weighted by Crippen LogP contribution is -1.97. The Balaban J connectivity index is 2.90. The molecule has 0 radical (unpaired) electrons. The predicted octanol–water partition coefficient (Wildman–Crippen LogP) is 0.989. The Morgan fingerprint density at radius 2 is 2.43 bits per heavy atom. The van der Waals surface area contributed by atoms with Crippen LogP contribution in [0, 0.1) is 5.82 Å². The molecule has 0 saturated carbocycles. The Bertz CT molecular complexity index is 377. The van der Waals surface area contributed by atoms with E-state index in [1.807, 2.05) is 0 Å². The lowest BCUT2D eigenvalue weighted by atomic mass is 10.2. The highest BCUT2D eigenvalue weighted by Crippen LogP contribution is 2.11. The van der Waals surface area contributed by atoms with Gasteiger partial charge in [-0.05, 0) is 12.1 Å².